The molecule has 2 aliphatic heterocycles. The van der Waals surface area contributed by atoms with Gasteiger partial charge in [0.25, 0.3) is 5.91 Å². The van der Waals surface area contributed by atoms with Crippen molar-refractivity contribution in [2.24, 2.45) is 5.92 Å². The number of fused-ring (bicyclic) bond motifs is 1. The Morgan fingerprint density at radius 2 is 2.38 bits per heavy atom. The SMILES string of the molecule is O=C1c2[nH]ccc2CCCN1CC1COC1. The minimum Gasteiger partial charge on any atom is -0.381 e. The van der Waals surface area contributed by atoms with Crippen molar-refractivity contribution in [2.45, 2.75) is 12.8 Å². The number of aryl methyl sites for hydroxylation is 1. The van der Waals surface area contributed by atoms with Gasteiger partial charge in [0.15, 0.2) is 0 Å². The Bertz CT molecular complexity index is 395. The van der Waals surface area contributed by atoms with Crippen molar-refractivity contribution in [3.8, 4) is 0 Å². The molecule has 0 aliphatic carbocycles. The maximum Gasteiger partial charge on any atom is 0.270 e. The van der Waals surface area contributed by atoms with Gasteiger partial charge in [-0.15, -0.1) is 0 Å². The Kier molecular flexibility index (Phi) is 2.44. The van der Waals surface area contributed by atoms with Crippen LogP contribution in [0.15, 0.2) is 12.3 Å². The minimum absolute atomic E-state index is 0.157. The summed E-state index contributed by atoms with van der Waals surface area (Å²) in [5.41, 5.74) is 1.95. The standard InChI is InChI=1S/C12H16N2O2/c15-12-11-10(3-4-13-11)2-1-5-14(12)6-9-7-16-8-9/h3-4,9,13H,1-2,5-8H2. The molecule has 1 aromatic rings. The van der Waals surface area contributed by atoms with Crippen molar-refractivity contribution in [3.05, 3.63) is 23.5 Å². The molecule has 1 fully saturated rings. The van der Waals surface area contributed by atoms with E-state index in [1.54, 1.807) is 0 Å². The number of nitrogens with zero attached hydrogens (tertiary/aromatic N) is 1. The summed E-state index contributed by atoms with van der Waals surface area (Å²) in [6.45, 7) is 3.33. The summed E-state index contributed by atoms with van der Waals surface area (Å²) >= 11 is 0. The lowest BCUT2D eigenvalue weighted by atomic mass is 10.1. The molecular weight excluding hydrogens is 204 g/mol. The molecule has 0 radical (unpaired) electrons. The number of nitrogens with one attached hydrogen (secondary N) is 1. The second-order valence-corrected chi connectivity index (χ2v) is 4.64. The monoisotopic (exact) mass is 220 g/mol. The molecular formula is C12H16N2O2. The molecule has 86 valence electrons. The molecule has 4 nitrogen and oxygen atoms in total. The first-order chi connectivity index (χ1) is 7.84. The van der Waals surface area contributed by atoms with Gasteiger partial charge in [-0.05, 0) is 24.5 Å². The van der Waals surface area contributed by atoms with Gasteiger partial charge in [0.2, 0.25) is 0 Å². The van der Waals surface area contributed by atoms with Gasteiger partial charge in [0, 0.05) is 25.2 Å². The molecule has 2 aliphatic rings. The third kappa shape index (κ3) is 1.63. The number of carbonyl (C=O) groups is 1. The summed E-state index contributed by atoms with van der Waals surface area (Å²) in [5.74, 6) is 0.699. The van der Waals surface area contributed by atoms with Crippen molar-refractivity contribution in [1.29, 1.82) is 0 Å². The first-order valence-electron chi connectivity index (χ1n) is 5.88. The zero-order valence-corrected chi connectivity index (χ0v) is 9.24. The van der Waals surface area contributed by atoms with Crippen LogP contribution in [0.2, 0.25) is 0 Å². The Balaban J connectivity index is 1.77. The zero-order valence-electron chi connectivity index (χ0n) is 9.24. The number of hydrogen-bond donors (Lipinski definition) is 1. The van der Waals surface area contributed by atoms with Gasteiger partial charge >= 0.3 is 0 Å². The van der Waals surface area contributed by atoms with Crippen LogP contribution in [0.5, 0.6) is 0 Å². The highest BCUT2D eigenvalue weighted by Crippen LogP contribution is 2.20. The summed E-state index contributed by atoms with van der Waals surface area (Å²) in [6, 6.07) is 2.02. The van der Waals surface area contributed by atoms with Gasteiger partial charge in [-0.3, -0.25) is 4.79 Å². The molecule has 0 atom stereocenters. The molecule has 1 N–H and O–H groups in total. The van der Waals surface area contributed by atoms with Crippen LogP contribution >= 0.6 is 0 Å². The average molecular weight is 220 g/mol. The third-order valence-corrected chi connectivity index (χ3v) is 3.39. The summed E-state index contributed by atoms with van der Waals surface area (Å²) in [6.07, 6.45) is 3.92. The van der Waals surface area contributed by atoms with Crippen molar-refractivity contribution < 1.29 is 9.53 Å². The second-order valence-electron chi connectivity index (χ2n) is 4.64. The van der Waals surface area contributed by atoms with Crippen LogP contribution in [0.1, 0.15) is 22.5 Å². The maximum absolute atomic E-state index is 12.2. The number of hydrogen-bond acceptors (Lipinski definition) is 2. The normalized spacial score (nSPS) is 21.5. The maximum atomic E-state index is 12.2. The zero-order chi connectivity index (χ0) is 11.0. The quantitative estimate of drug-likeness (QED) is 0.809. The second kappa shape index (κ2) is 3.94. The van der Waals surface area contributed by atoms with Gasteiger partial charge in [-0.1, -0.05) is 0 Å². The molecule has 0 unspecified atom stereocenters. The molecule has 1 amide bonds. The molecule has 1 saturated heterocycles. The molecule has 16 heavy (non-hydrogen) atoms. The molecule has 0 bridgehead atoms. The van der Waals surface area contributed by atoms with E-state index >= 15 is 0 Å². The molecule has 0 spiro atoms. The lowest BCUT2D eigenvalue weighted by Crippen LogP contribution is -2.42. The van der Waals surface area contributed by atoms with Crippen LogP contribution in [0.4, 0.5) is 0 Å². The summed E-state index contributed by atoms with van der Waals surface area (Å²) in [5, 5.41) is 0. The van der Waals surface area contributed by atoms with Crippen LogP contribution in [0, 0.1) is 5.92 Å². The molecule has 0 aromatic carbocycles. The third-order valence-electron chi connectivity index (χ3n) is 3.39. The molecule has 1 aromatic heterocycles. The van der Waals surface area contributed by atoms with E-state index in [0.717, 1.165) is 50.4 Å². The molecule has 0 saturated carbocycles. The minimum atomic E-state index is 0.157. The Labute approximate surface area is 94.6 Å². The molecule has 3 rings (SSSR count). The van der Waals surface area contributed by atoms with Crippen LogP contribution in [-0.2, 0) is 11.2 Å². The predicted molar refractivity (Wildman–Crippen MR) is 59.3 cm³/mol. The topological polar surface area (TPSA) is 45.3 Å². The van der Waals surface area contributed by atoms with Gasteiger partial charge < -0.3 is 14.6 Å². The highest BCUT2D eigenvalue weighted by molar-refractivity contribution is 5.94. The van der Waals surface area contributed by atoms with Gasteiger partial charge in [-0.2, -0.15) is 0 Å². The van der Waals surface area contributed by atoms with E-state index in [1.165, 1.54) is 0 Å². The van der Waals surface area contributed by atoms with Gasteiger partial charge in [0.1, 0.15) is 5.69 Å². The van der Waals surface area contributed by atoms with Crippen molar-refractivity contribution in [1.82, 2.24) is 9.88 Å². The van der Waals surface area contributed by atoms with E-state index in [-0.39, 0.29) is 5.91 Å². The predicted octanol–water partition coefficient (Wildman–Crippen LogP) is 1.05. The van der Waals surface area contributed by atoms with Gasteiger partial charge in [-0.25, -0.2) is 0 Å². The fourth-order valence-corrected chi connectivity index (χ4v) is 2.40. The lowest BCUT2D eigenvalue weighted by Gasteiger charge is -2.31. The van der Waals surface area contributed by atoms with E-state index < -0.39 is 0 Å². The van der Waals surface area contributed by atoms with E-state index in [0.29, 0.717) is 5.92 Å². The molecule has 4 heteroatoms. The first-order valence-corrected chi connectivity index (χ1v) is 5.88. The van der Waals surface area contributed by atoms with E-state index in [2.05, 4.69) is 4.98 Å². The van der Waals surface area contributed by atoms with E-state index in [4.69, 9.17) is 4.74 Å². The number of aromatic nitrogens is 1. The van der Waals surface area contributed by atoms with Crippen LogP contribution < -0.4 is 0 Å². The van der Waals surface area contributed by atoms with Gasteiger partial charge in [0.05, 0.1) is 13.2 Å². The Morgan fingerprint density at radius 1 is 1.50 bits per heavy atom. The Morgan fingerprint density at radius 3 is 3.12 bits per heavy atom. The van der Waals surface area contributed by atoms with E-state index in [9.17, 15) is 4.79 Å². The van der Waals surface area contributed by atoms with E-state index in [1.807, 2.05) is 17.2 Å². The van der Waals surface area contributed by atoms with Crippen LogP contribution in [0.3, 0.4) is 0 Å². The number of carbonyl (C=O) groups excluding carboxylic acids is 1. The largest absolute Gasteiger partial charge is 0.381 e. The highest BCUT2D eigenvalue weighted by Gasteiger charge is 2.28. The number of aromatic amines is 1. The Hall–Kier alpha value is -1.29. The average Bonchev–Trinajstić information content (AvgIpc) is 2.62. The fourth-order valence-electron chi connectivity index (χ4n) is 2.40. The smallest absolute Gasteiger partial charge is 0.270 e. The highest BCUT2D eigenvalue weighted by atomic mass is 16.5. The van der Waals surface area contributed by atoms with Crippen LogP contribution in [0.25, 0.3) is 0 Å². The summed E-state index contributed by atoms with van der Waals surface area (Å²) < 4.78 is 5.15. The first kappa shape index (κ1) is 9.90. The lowest BCUT2D eigenvalue weighted by molar-refractivity contribution is -0.0433. The summed E-state index contributed by atoms with van der Waals surface area (Å²) in [7, 11) is 0. The fraction of sp³-hybridized carbons (Fsp3) is 0.583. The summed E-state index contributed by atoms with van der Waals surface area (Å²) in [4.78, 5) is 17.3. The van der Waals surface area contributed by atoms with Crippen molar-refractivity contribution >= 4 is 5.91 Å². The molecule has 3 heterocycles. The number of rotatable bonds is 2. The number of H-pyrrole nitrogens is 1. The van der Waals surface area contributed by atoms with Crippen molar-refractivity contribution in [3.63, 3.8) is 0 Å². The number of amides is 1. The van der Waals surface area contributed by atoms with Crippen LogP contribution in [-0.4, -0.2) is 42.1 Å². The number of ether oxygens (including phenoxy) is 1. The van der Waals surface area contributed by atoms with Crippen molar-refractivity contribution in [2.75, 3.05) is 26.3 Å².